The number of benzene rings is 1. The van der Waals surface area contributed by atoms with Gasteiger partial charge in [0.25, 0.3) is 0 Å². The summed E-state index contributed by atoms with van der Waals surface area (Å²) in [5.74, 6) is 0.349. The number of anilines is 1. The van der Waals surface area contributed by atoms with Crippen molar-refractivity contribution in [3.63, 3.8) is 0 Å². The Labute approximate surface area is 114 Å². The zero-order valence-electron chi connectivity index (χ0n) is 11.6. The number of carbonyl (C=O) groups excluding carboxylic acids is 1. The van der Waals surface area contributed by atoms with Gasteiger partial charge in [-0.1, -0.05) is 19.1 Å². The first-order valence-corrected chi connectivity index (χ1v) is 7.34. The summed E-state index contributed by atoms with van der Waals surface area (Å²) in [6.45, 7) is 3.05. The fraction of sp³-hybridized carbons (Fsp3) is 0.562. The van der Waals surface area contributed by atoms with Gasteiger partial charge in [0, 0.05) is 18.3 Å². The zero-order valence-corrected chi connectivity index (χ0v) is 11.6. The minimum absolute atomic E-state index is 0.231. The van der Waals surface area contributed by atoms with Crippen LogP contribution >= 0.6 is 0 Å². The molecular weight excluding hydrogens is 236 g/mol. The molecule has 3 heteroatoms. The number of hydrogen-bond donors (Lipinski definition) is 1. The van der Waals surface area contributed by atoms with Crippen molar-refractivity contribution in [2.45, 2.75) is 50.5 Å². The lowest BCUT2D eigenvalue weighted by Gasteiger charge is -2.27. The number of nitrogens with zero attached hydrogens (tertiary/aromatic N) is 1. The number of hydrogen-bond acceptors (Lipinski definition) is 2. The third-order valence-electron chi connectivity index (χ3n) is 4.34. The van der Waals surface area contributed by atoms with E-state index < -0.39 is 0 Å². The van der Waals surface area contributed by atoms with Gasteiger partial charge in [-0.15, -0.1) is 0 Å². The van der Waals surface area contributed by atoms with E-state index in [4.69, 9.17) is 5.73 Å². The summed E-state index contributed by atoms with van der Waals surface area (Å²) in [5.41, 5.74) is 7.42. The number of amides is 1. The average molecular weight is 258 g/mol. The number of nitrogens with two attached hydrogens (primary N) is 1. The third-order valence-corrected chi connectivity index (χ3v) is 4.34. The van der Waals surface area contributed by atoms with Crippen LogP contribution < -0.4 is 5.73 Å². The van der Waals surface area contributed by atoms with Gasteiger partial charge in [-0.05, 0) is 49.8 Å². The van der Waals surface area contributed by atoms with Crippen molar-refractivity contribution in [3.8, 4) is 0 Å². The van der Waals surface area contributed by atoms with Crippen molar-refractivity contribution < 1.29 is 4.79 Å². The van der Waals surface area contributed by atoms with E-state index in [1.54, 1.807) is 0 Å². The highest BCUT2D eigenvalue weighted by Gasteiger charge is 2.54. The molecule has 2 fully saturated rings. The van der Waals surface area contributed by atoms with Gasteiger partial charge < -0.3 is 10.6 Å². The maximum atomic E-state index is 12.9. The lowest BCUT2D eigenvalue weighted by atomic mass is 9.94. The molecule has 3 nitrogen and oxygen atoms in total. The summed E-state index contributed by atoms with van der Waals surface area (Å²) in [4.78, 5) is 15.0. The molecule has 102 valence electrons. The van der Waals surface area contributed by atoms with E-state index in [0.29, 0.717) is 11.9 Å². The van der Waals surface area contributed by atoms with Crippen molar-refractivity contribution in [2.24, 2.45) is 0 Å². The average Bonchev–Trinajstić information content (AvgIpc) is 3.28. The number of carbonyl (C=O) groups is 1. The molecule has 0 aliphatic heterocycles. The van der Waals surface area contributed by atoms with Crippen LogP contribution in [0.1, 0.15) is 44.6 Å². The molecule has 0 heterocycles. The summed E-state index contributed by atoms with van der Waals surface area (Å²) in [6.07, 6.45) is 5.39. The lowest BCUT2D eigenvalue weighted by molar-refractivity contribution is -0.134. The molecule has 2 aliphatic rings. The van der Waals surface area contributed by atoms with Crippen molar-refractivity contribution in [2.75, 3.05) is 12.3 Å². The normalized spacial score (nSPS) is 20.1. The van der Waals surface area contributed by atoms with Crippen LogP contribution in [0, 0.1) is 0 Å². The monoisotopic (exact) mass is 258 g/mol. The van der Waals surface area contributed by atoms with Gasteiger partial charge in [0.15, 0.2) is 0 Å². The van der Waals surface area contributed by atoms with Crippen LogP contribution in [0.2, 0.25) is 0 Å². The van der Waals surface area contributed by atoms with Crippen LogP contribution in [0.5, 0.6) is 0 Å². The Morgan fingerprint density at radius 2 is 1.95 bits per heavy atom. The van der Waals surface area contributed by atoms with Crippen molar-refractivity contribution in [3.05, 3.63) is 29.8 Å². The number of nitrogen functional groups attached to an aromatic ring is 1. The molecular formula is C16H22N2O. The van der Waals surface area contributed by atoms with Crippen LogP contribution in [0.3, 0.4) is 0 Å². The van der Waals surface area contributed by atoms with Crippen LogP contribution in [0.25, 0.3) is 0 Å². The minimum Gasteiger partial charge on any atom is -0.399 e. The molecule has 0 spiro atoms. The van der Waals surface area contributed by atoms with E-state index in [1.165, 1.54) is 12.8 Å². The van der Waals surface area contributed by atoms with Crippen LogP contribution in [-0.2, 0) is 10.2 Å². The Morgan fingerprint density at radius 3 is 2.42 bits per heavy atom. The summed E-state index contributed by atoms with van der Waals surface area (Å²) in [5, 5.41) is 0. The second-order valence-corrected chi connectivity index (χ2v) is 5.93. The van der Waals surface area contributed by atoms with E-state index in [0.717, 1.165) is 37.1 Å². The Kier molecular flexibility index (Phi) is 3.00. The molecule has 1 aromatic rings. The van der Waals surface area contributed by atoms with E-state index in [-0.39, 0.29) is 5.41 Å². The van der Waals surface area contributed by atoms with E-state index in [2.05, 4.69) is 11.8 Å². The zero-order chi connectivity index (χ0) is 13.5. The van der Waals surface area contributed by atoms with Crippen molar-refractivity contribution in [1.29, 1.82) is 0 Å². The molecule has 0 atom stereocenters. The predicted molar refractivity (Wildman–Crippen MR) is 76.8 cm³/mol. The Balaban J connectivity index is 1.83. The summed E-state index contributed by atoms with van der Waals surface area (Å²) in [6, 6.07) is 8.38. The predicted octanol–water partition coefficient (Wildman–Crippen LogP) is 2.70. The molecule has 0 aromatic heterocycles. The topological polar surface area (TPSA) is 46.3 Å². The summed E-state index contributed by atoms with van der Waals surface area (Å²) >= 11 is 0. The molecule has 2 aliphatic carbocycles. The SMILES string of the molecule is CCCN(C(=O)C1(c2ccc(N)cc2)CC1)C1CC1. The van der Waals surface area contributed by atoms with Gasteiger partial charge in [0.1, 0.15) is 0 Å². The summed E-state index contributed by atoms with van der Waals surface area (Å²) in [7, 11) is 0. The summed E-state index contributed by atoms with van der Waals surface area (Å²) < 4.78 is 0. The molecule has 0 unspecified atom stereocenters. The largest absolute Gasteiger partial charge is 0.399 e. The second-order valence-electron chi connectivity index (χ2n) is 5.93. The van der Waals surface area contributed by atoms with Crippen molar-refractivity contribution in [1.82, 2.24) is 4.90 Å². The Morgan fingerprint density at radius 1 is 1.32 bits per heavy atom. The fourth-order valence-corrected chi connectivity index (χ4v) is 2.91. The molecule has 0 saturated heterocycles. The minimum atomic E-state index is -0.231. The maximum Gasteiger partial charge on any atom is 0.233 e. The molecule has 0 bridgehead atoms. The van der Waals surface area contributed by atoms with Crippen LogP contribution in [0.15, 0.2) is 24.3 Å². The first kappa shape index (κ1) is 12.5. The van der Waals surface area contributed by atoms with E-state index in [1.807, 2.05) is 24.3 Å². The van der Waals surface area contributed by atoms with Crippen molar-refractivity contribution >= 4 is 11.6 Å². The Bertz CT molecular complexity index is 472. The van der Waals surface area contributed by atoms with E-state index >= 15 is 0 Å². The number of rotatable bonds is 5. The Hall–Kier alpha value is -1.51. The molecule has 0 radical (unpaired) electrons. The van der Waals surface area contributed by atoms with Crippen LogP contribution in [0.4, 0.5) is 5.69 Å². The van der Waals surface area contributed by atoms with Gasteiger partial charge in [0.05, 0.1) is 5.41 Å². The third kappa shape index (κ3) is 2.22. The molecule has 19 heavy (non-hydrogen) atoms. The first-order valence-electron chi connectivity index (χ1n) is 7.34. The standard InChI is InChI=1S/C16H22N2O/c1-2-11-18(14-7-8-14)15(19)16(9-10-16)12-3-5-13(17)6-4-12/h3-6,14H,2,7-11,17H2,1H3. The molecule has 1 amide bonds. The van der Waals surface area contributed by atoms with Gasteiger partial charge in [-0.2, -0.15) is 0 Å². The molecule has 2 N–H and O–H groups in total. The quantitative estimate of drug-likeness (QED) is 0.825. The van der Waals surface area contributed by atoms with Gasteiger partial charge in [0.2, 0.25) is 5.91 Å². The van der Waals surface area contributed by atoms with Crippen LogP contribution in [-0.4, -0.2) is 23.4 Å². The lowest BCUT2D eigenvalue weighted by Crippen LogP contribution is -2.41. The molecule has 3 rings (SSSR count). The highest BCUT2D eigenvalue weighted by Crippen LogP contribution is 2.50. The van der Waals surface area contributed by atoms with Gasteiger partial charge in [-0.25, -0.2) is 0 Å². The highest BCUT2D eigenvalue weighted by molar-refractivity contribution is 5.91. The smallest absolute Gasteiger partial charge is 0.233 e. The van der Waals surface area contributed by atoms with Gasteiger partial charge >= 0.3 is 0 Å². The second kappa shape index (κ2) is 4.55. The molecule has 1 aromatic carbocycles. The first-order chi connectivity index (χ1) is 9.17. The highest BCUT2D eigenvalue weighted by atomic mass is 16.2. The fourth-order valence-electron chi connectivity index (χ4n) is 2.91. The molecule has 2 saturated carbocycles. The van der Waals surface area contributed by atoms with Gasteiger partial charge in [-0.3, -0.25) is 4.79 Å². The maximum absolute atomic E-state index is 12.9. The van der Waals surface area contributed by atoms with E-state index in [9.17, 15) is 4.79 Å².